The predicted octanol–water partition coefficient (Wildman–Crippen LogP) is 1.61. The van der Waals surface area contributed by atoms with Gasteiger partial charge in [-0.05, 0) is 30.2 Å². The number of carboxylic acids is 1. The summed E-state index contributed by atoms with van der Waals surface area (Å²) in [5.74, 6) is -0.978. The third kappa shape index (κ3) is 3.97. The molecule has 0 heterocycles. The molecule has 0 amide bonds. The minimum atomic E-state index is -3.42. The average molecular weight is 292 g/mol. The number of nitrogens with two attached hydrogens (primary N) is 1. The average Bonchev–Trinajstić information content (AvgIpc) is 2.23. The first kappa shape index (κ1) is 14.9. The number of benzene rings is 1. The normalized spacial score (nSPS) is 13.3. The molecule has 1 aromatic rings. The Morgan fingerprint density at radius 1 is 1.50 bits per heavy atom. The fraction of sp³-hybridized carbons (Fsp3) is 0.364. The fourth-order valence-electron chi connectivity index (χ4n) is 1.58. The molecule has 5 nitrogen and oxygen atoms in total. The Kier molecular flexibility index (Phi) is 4.72. The lowest BCUT2D eigenvalue weighted by molar-refractivity contribution is -0.137. The van der Waals surface area contributed by atoms with Crippen molar-refractivity contribution in [1.29, 1.82) is 0 Å². The second kappa shape index (κ2) is 5.69. The number of aliphatic carboxylic acids is 1. The number of carbonyl (C=O) groups is 1. The zero-order valence-corrected chi connectivity index (χ0v) is 11.3. The Morgan fingerprint density at radius 3 is 2.61 bits per heavy atom. The Morgan fingerprint density at radius 2 is 2.11 bits per heavy atom. The molecule has 0 radical (unpaired) electrons. The molecule has 1 unspecified atom stereocenters. The smallest absolute Gasteiger partial charge is 0.303 e. The minimum absolute atomic E-state index is 0.0878. The molecule has 0 aliphatic rings. The van der Waals surface area contributed by atoms with E-state index in [1.54, 1.807) is 0 Å². The van der Waals surface area contributed by atoms with Crippen molar-refractivity contribution in [3.63, 3.8) is 0 Å². The van der Waals surface area contributed by atoms with Crippen LogP contribution >= 0.6 is 11.6 Å². The van der Waals surface area contributed by atoms with Crippen molar-refractivity contribution in [2.75, 3.05) is 6.26 Å². The summed E-state index contributed by atoms with van der Waals surface area (Å²) in [6.07, 6.45) is 1.10. The molecule has 0 aromatic heterocycles. The molecule has 1 atom stereocenters. The van der Waals surface area contributed by atoms with Gasteiger partial charge in [0.25, 0.3) is 0 Å². The molecular formula is C11H14ClNO4S. The quantitative estimate of drug-likeness (QED) is 0.859. The van der Waals surface area contributed by atoms with Crippen molar-refractivity contribution >= 4 is 27.4 Å². The van der Waals surface area contributed by atoms with Crippen LogP contribution in [0.15, 0.2) is 23.1 Å². The lowest BCUT2D eigenvalue weighted by Gasteiger charge is -2.15. The molecule has 0 bridgehead atoms. The zero-order chi connectivity index (χ0) is 13.9. The largest absolute Gasteiger partial charge is 0.481 e. The van der Waals surface area contributed by atoms with E-state index >= 15 is 0 Å². The molecular weight excluding hydrogens is 278 g/mol. The van der Waals surface area contributed by atoms with Crippen molar-refractivity contribution in [2.45, 2.75) is 23.8 Å². The summed E-state index contributed by atoms with van der Waals surface area (Å²) >= 11 is 5.81. The van der Waals surface area contributed by atoms with Crippen LogP contribution in [0.4, 0.5) is 0 Å². The maximum Gasteiger partial charge on any atom is 0.303 e. The van der Waals surface area contributed by atoms with E-state index in [1.165, 1.54) is 18.2 Å². The van der Waals surface area contributed by atoms with Gasteiger partial charge < -0.3 is 10.8 Å². The molecule has 1 rings (SSSR count). The van der Waals surface area contributed by atoms with Crippen molar-refractivity contribution in [3.8, 4) is 0 Å². The molecule has 0 fully saturated rings. The lowest BCUT2D eigenvalue weighted by Crippen LogP contribution is -2.16. The fourth-order valence-corrected chi connectivity index (χ4v) is 2.72. The Balaban J connectivity index is 3.13. The van der Waals surface area contributed by atoms with E-state index in [9.17, 15) is 13.2 Å². The van der Waals surface area contributed by atoms with E-state index in [4.69, 9.17) is 22.4 Å². The van der Waals surface area contributed by atoms with Crippen LogP contribution in [0.25, 0.3) is 0 Å². The molecule has 3 N–H and O–H groups in total. The molecule has 100 valence electrons. The van der Waals surface area contributed by atoms with Crippen molar-refractivity contribution < 1.29 is 18.3 Å². The molecule has 0 saturated heterocycles. The first-order valence-corrected chi connectivity index (χ1v) is 7.45. The number of hydrogen-bond acceptors (Lipinski definition) is 4. The van der Waals surface area contributed by atoms with E-state index in [2.05, 4.69) is 0 Å². The molecule has 1 aromatic carbocycles. The van der Waals surface area contributed by atoms with E-state index < -0.39 is 21.8 Å². The van der Waals surface area contributed by atoms with Crippen molar-refractivity contribution in [2.24, 2.45) is 5.73 Å². The van der Waals surface area contributed by atoms with Gasteiger partial charge in [-0.2, -0.15) is 0 Å². The molecule has 0 aliphatic carbocycles. The SMILES string of the molecule is CS(=O)(=O)c1ccc(Cl)cc1C(N)CCC(=O)O. The van der Waals surface area contributed by atoms with E-state index in [0.29, 0.717) is 10.6 Å². The maximum atomic E-state index is 11.6. The van der Waals surface area contributed by atoms with Gasteiger partial charge in [0.2, 0.25) is 0 Å². The Labute approximate surface area is 110 Å². The summed E-state index contributed by atoms with van der Waals surface area (Å²) in [6.45, 7) is 0. The minimum Gasteiger partial charge on any atom is -0.481 e. The van der Waals surface area contributed by atoms with E-state index in [-0.39, 0.29) is 17.7 Å². The predicted molar refractivity (Wildman–Crippen MR) is 68.4 cm³/mol. The number of rotatable bonds is 5. The van der Waals surface area contributed by atoms with Crippen LogP contribution < -0.4 is 5.73 Å². The maximum absolute atomic E-state index is 11.6. The zero-order valence-electron chi connectivity index (χ0n) is 9.76. The third-order valence-corrected chi connectivity index (χ3v) is 3.85. The van der Waals surface area contributed by atoms with Gasteiger partial charge in [-0.15, -0.1) is 0 Å². The van der Waals surface area contributed by atoms with Crippen LogP contribution in [-0.4, -0.2) is 25.7 Å². The molecule has 7 heteroatoms. The molecule has 18 heavy (non-hydrogen) atoms. The van der Waals surface area contributed by atoms with Gasteiger partial charge in [-0.3, -0.25) is 4.79 Å². The summed E-state index contributed by atoms with van der Waals surface area (Å²) in [5.41, 5.74) is 6.18. The highest BCUT2D eigenvalue weighted by Crippen LogP contribution is 2.27. The number of sulfone groups is 1. The summed E-state index contributed by atoms with van der Waals surface area (Å²) in [4.78, 5) is 10.6. The van der Waals surface area contributed by atoms with Gasteiger partial charge in [0, 0.05) is 23.7 Å². The van der Waals surface area contributed by atoms with Gasteiger partial charge in [-0.1, -0.05) is 11.6 Å². The second-order valence-corrected chi connectivity index (χ2v) is 6.41. The number of carboxylic acid groups (broad SMARTS) is 1. The summed E-state index contributed by atoms with van der Waals surface area (Å²) in [6, 6.07) is 3.63. The van der Waals surface area contributed by atoms with Crippen LogP contribution in [0, 0.1) is 0 Å². The summed E-state index contributed by atoms with van der Waals surface area (Å²) in [5, 5.41) is 8.96. The highest BCUT2D eigenvalue weighted by atomic mass is 35.5. The lowest BCUT2D eigenvalue weighted by atomic mass is 10.0. The first-order chi connectivity index (χ1) is 8.21. The van der Waals surface area contributed by atoms with Gasteiger partial charge in [0.15, 0.2) is 9.84 Å². The van der Waals surface area contributed by atoms with Crippen LogP contribution in [0.5, 0.6) is 0 Å². The highest BCUT2D eigenvalue weighted by Gasteiger charge is 2.19. The van der Waals surface area contributed by atoms with Gasteiger partial charge >= 0.3 is 5.97 Å². The van der Waals surface area contributed by atoms with E-state index in [1.807, 2.05) is 0 Å². The van der Waals surface area contributed by atoms with Crippen molar-refractivity contribution in [3.05, 3.63) is 28.8 Å². The standard InChI is InChI=1S/C11H14ClNO4S/c1-18(16,17)10-4-2-7(12)6-8(10)9(13)3-5-11(14)15/h2,4,6,9H,3,5,13H2,1H3,(H,14,15). The topological polar surface area (TPSA) is 97.5 Å². The summed E-state index contributed by atoms with van der Waals surface area (Å²) in [7, 11) is -3.42. The van der Waals surface area contributed by atoms with Crippen LogP contribution in [-0.2, 0) is 14.6 Å². The van der Waals surface area contributed by atoms with Crippen LogP contribution in [0.2, 0.25) is 5.02 Å². The Hall–Kier alpha value is -1.11. The molecule has 0 aliphatic heterocycles. The number of halogens is 1. The van der Waals surface area contributed by atoms with Gasteiger partial charge in [-0.25, -0.2) is 8.42 Å². The first-order valence-electron chi connectivity index (χ1n) is 5.18. The van der Waals surface area contributed by atoms with Crippen LogP contribution in [0.1, 0.15) is 24.4 Å². The third-order valence-electron chi connectivity index (χ3n) is 2.44. The highest BCUT2D eigenvalue weighted by molar-refractivity contribution is 7.90. The second-order valence-electron chi connectivity index (χ2n) is 3.99. The molecule has 0 spiro atoms. The monoisotopic (exact) mass is 291 g/mol. The Bertz CT molecular complexity index is 556. The van der Waals surface area contributed by atoms with E-state index in [0.717, 1.165) is 6.26 Å². The molecule has 0 saturated carbocycles. The van der Waals surface area contributed by atoms with Gasteiger partial charge in [0.05, 0.1) is 4.90 Å². The van der Waals surface area contributed by atoms with Gasteiger partial charge in [0.1, 0.15) is 0 Å². The van der Waals surface area contributed by atoms with Crippen molar-refractivity contribution in [1.82, 2.24) is 0 Å². The van der Waals surface area contributed by atoms with Crippen LogP contribution in [0.3, 0.4) is 0 Å². The number of hydrogen-bond donors (Lipinski definition) is 2. The summed E-state index contributed by atoms with van der Waals surface area (Å²) < 4.78 is 23.2.